The van der Waals surface area contributed by atoms with E-state index in [1.807, 2.05) is 24.3 Å². The number of carbonyl (C=O) groups is 2. The Morgan fingerprint density at radius 3 is 2.34 bits per heavy atom. The number of carbonyl (C=O) groups excluding carboxylic acids is 2. The van der Waals surface area contributed by atoms with Crippen molar-refractivity contribution in [2.45, 2.75) is 25.4 Å². The van der Waals surface area contributed by atoms with Crippen molar-refractivity contribution >= 4 is 23.2 Å². The molecule has 0 radical (unpaired) electrons. The van der Waals surface area contributed by atoms with Crippen LogP contribution in [0, 0.1) is 0 Å². The lowest BCUT2D eigenvalue weighted by molar-refractivity contribution is -0.137. The molecule has 4 nitrogen and oxygen atoms in total. The Hall–Kier alpha value is -3.61. The molecule has 4 rings (SSSR count). The fourth-order valence-electron chi connectivity index (χ4n) is 3.79. The highest BCUT2D eigenvalue weighted by atomic mass is 19.4. The van der Waals surface area contributed by atoms with E-state index < -0.39 is 17.6 Å². The largest absolute Gasteiger partial charge is 0.416 e. The van der Waals surface area contributed by atoms with Crippen LogP contribution in [0.4, 0.5) is 24.5 Å². The number of nitrogens with one attached hydrogen (secondary N) is 1. The van der Waals surface area contributed by atoms with Gasteiger partial charge in [0.05, 0.1) is 5.56 Å². The van der Waals surface area contributed by atoms with E-state index in [2.05, 4.69) is 5.32 Å². The van der Waals surface area contributed by atoms with Crippen molar-refractivity contribution in [2.75, 3.05) is 16.8 Å². The number of hydrogen-bond donors (Lipinski definition) is 1. The van der Waals surface area contributed by atoms with Crippen LogP contribution in [0.25, 0.3) is 0 Å². The number of alkyl halides is 3. The molecule has 164 valence electrons. The number of rotatable bonds is 3. The molecule has 3 aromatic carbocycles. The van der Waals surface area contributed by atoms with Crippen molar-refractivity contribution in [1.82, 2.24) is 0 Å². The van der Waals surface area contributed by atoms with Gasteiger partial charge < -0.3 is 10.2 Å². The molecule has 0 unspecified atom stereocenters. The van der Waals surface area contributed by atoms with Crippen molar-refractivity contribution in [2.24, 2.45) is 0 Å². The molecule has 0 saturated carbocycles. The molecule has 2 amide bonds. The van der Waals surface area contributed by atoms with Gasteiger partial charge in [0.2, 0.25) is 0 Å². The number of halogens is 3. The predicted octanol–water partition coefficient (Wildman–Crippen LogP) is 5.94. The van der Waals surface area contributed by atoms with Crippen LogP contribution in [0.1, 0.15) is 44.7 Å². The maximum Gasteiger partial charge on any atom is 0.416 e. The van der Waals surface area contributed by atoms with E-state index in [4.69, 9.17) is 0 Å². The third-order valence-electron chi connectivity index (χ3n) is 5.45. The highest BCUT2D eigenvalue weighted by molar-refractivity contribution is 6.07. The van der Waals surface area contributed by atoms with Gasteiger partial charge in [-0.15, -0.1) is 0 Å². The Morgan fingerprint density at radius 1 is 0.844 bits per heavy atom. The SMILES string of the molecule is O=C(Nc1ccc(C(=O)N2CCCCc3ccccc32)cc1)c1cccc(C(F)(F)F)c1. The smallest absolute Gasteiger partial charge is 0.322 e. The Morgan fingerprint density at radius 2 is 1.59 bits per heavy atom. The van der Waals surface area contributed by atoms with Gasteiger partial charge in [0.15, 0.2) is 0 Å². The van der Waals surface area contributed by atoms with Gasteiger partial charge in [0.1, 0.15) is 0 Å². The third kappa shape index (κ3) is 4.66. The zero-order chi connectivity index (χ0) is 22.7. The molecule has 32 heavy (non-hydrogen) atoms. The number of fused-ring (bicyclic) bond motifs is 1. The first-order chi connectivity index (χ1) is 15.3. The van der Waals surface area contributed by atoms with Crippen LogP contribution in [-0.4, -0.2) is 18.4 Å². The first kappa shape index (κ1) is 21.6. The fourth-order valence-corrected chi connectivity index (χ4v) is 3.79. The molecule has 0 spiro atoms. The van der Waals surface area contributed by atoms with Gasteiger partial charge >= 0.3 is 6.18 Å². The van der Waals surface area contributed by atoms with E-state index in [0.29, 0.717) is 17.8 Å². The Kier molecular flexibility index (Phi) is 5.99. The van der Waals surface area contributed by atoms with Gasteiger partial charge in [0.25, 0.3) is 11.8 Å². The van der Waals surface area contributed by atoms with Gasteiger partial charge in [0, 0.05) is 29.0 Å². The molecular weight excluding hydrogens is 417 g/mol. The second kappa shape index (κ2) is 8.86. The van der Waals surface area contributed by atoms with E-state index >= 15 is 0 Å². The maximum atomic E-state index is 13.1. The molecular formula is C25H21F3N2O2. The number of amides is 2. The second-order valence-corrected chi connectivity index (χ2v) is 7.65. The number of nitrogens with zero attached hydrogens (tertiary/aromatic N) is 1. The van der Waals surface area contributed by atoms with Crippen LogP contribution in [0.3, 0.4) is 0 Å². The maximum absolute atomic E-state index is 13.1. The van der Waals surface area contributed by atoms with Crippen LogP contribution >= 0.6 is 0 Å². The average Bonchev–Trinajstić information content (AvgIpc) is 3.01. The minimum Gasteiger partial charge on any atom is -0.322 e. The number of hydrogen-bond acceptors (Lipinski definition) is 2. The molecule has 7 heteroatoms. The van der Waals surface area contributed by atoms with Crippen LogP contribution < -0.4 is 10.2 Å². The van der Waals surface area contributed by atoms with Crippen LogP contribution in [-0.2, 0) is 12.6 Å². The molecule has 1 heterocycles. The topological polar surface area (TPSA) is 49.4 Å². The van der Waals surface area contributed by atoms with Gasteiger partial charge in [-0.25, -0.2) is 0 Å². The Bertz CT molecular complexity index is 1140. The molecule has 0 bridgehead atoms. The Balaban J connectivity index is 1.49. The van der Waals surface area contributed by atoms with Gasteiger partial charge in [-0.1, -0.05) is 24.3 Å². The van der Waals surface area contributed by atoms with Crippen LogP contribution in [0.15, 0.2) is 72.8 Å². The molecule has 1 N–H and O–H groups in total. The lowest BCUT2D eigenvalue weighted by Gasteiger charge is -2.23. The number of anilines is 2. The van der Waals surface area contributed by atoms with Crippen molar-refractivity contribution in [3.63, 3.8) is 0 Å². The summed E-state index contributed by atoms with van der Waals surface area (Å²) in [6.45, 7) is 0.629. The number of benzene rings is 3. The van der Waals surface area contributed by atoms with Crippen LogP contribution in [0.5, 0.6) is 0 Å². The molecule has 0 saturated heterocycles. The van der Waals surface area contributed by atoms with Gasteiger partial charge in [-0.2, -0.15) is 13.2 Å². The van der Waals surface area contributed by atoms with E-state index in [1.54, 1.807) is 29.2 Å². The highest BCUT2D eigenvalue weighted by Gasteiger charge is 2.31. The fraction of sp³-hybridized carbons (Fsp3) is 0.200. The van der Waals surface area contributed by atoms with Gasteiger partial charge in [-0.05, 0) is 73.4 Å². The van der Waals surface area contributed by atoms with Crippen molar-refractivity contribution in [1.29, 1.82) is 0 Å². The molecule has 0 aliphatic carbocycles. The highest BCUT2D eigenvalue weighted by Crippen LogP contribution is 2.30. The van der Waals surface area contributed by atoms with E-state index in [-0.39, 0.29) is 11.5 Å². The summed E-state index contributed by atoms with van der Waals surface area (Å²) in [7, 11) is 0. The first-order valence-electron chi connectivity index (χ1n) is 10.3. The monoisotopic (exact) mass is 438 g/mol. The summed E-state index contributed by atoms with van der Waals surface area (Å²) < 4.78 is 38.6. The van der Waals surface area contributed by atoms with Crippen molar-refractivity contribution < 1.29 is 22.8 Å². The average molecular weight is 438 g/mol. The zero-order valence-electron chi connectivity index (χ0n) is 17.2. The van der Waals surface area contributed by atoms with Crippen LogP contribution in [0.2, 0.25) is 0 Å². The molecule has 1 aliphatic heterocycles. The second-order valence-electron chi connectivity index (χ2n) is 7.65. The summed E-state index contributed by atoms with van der Waals surface area (Å²) in [5.74, 6) is -0.785. The number of para-hydroxylation sites is 1. The molecule has 0 fully saturated rings. The van der Waals surface area contributed by atoms with Crippen molar-refractivity contribution in [3.05, 3.63) is 95.1 Å². The van der Waals surface area contributed by atoms with E-state index in [1.165, 1.54) is 12.1 Å². The summed E-state index contributed by atoms with van der Waals surface area (Å²) in [5.41, 5.74) is 1.93. The predicted molar refractivity (Wildman–Crippen MR) is 117 cm³/mol. The Labute approximate surface area is 183 Å². The van der Waals surface area contributed by atoms with E-state index in [9.17, 15) is 22.8 Å². The summed E-state index contributed by atoms with van der Waals surface area (Å²) in [5, 5.41) is 2.58. The summed E-state index contributed by atoms with van der Waals surface area (Å²) in [6.07, 6.45) is -1.67. The summed E-state index contributed by atoms with van der Waals surface area (Å²) in [6, 6.07) is 18.5. The normalized spacial score (nSPS) is 13.8. The first-order valence-corrected chi connectivity index (χ1v) is 10.3. The van der Waals surface area contributed by atoms with E-state index in [0.717, 1.165) is 42.6 Å². The van der Waals surface area contributed by atoms with Crippen molar-refractivity contribution in [3.8, 4) is 0 Å². The molecule has 0 aromatic heterocycles. The van der Waals surface area contributed by atoms with Gasteiger partial charge in [-0.3, -0.25) is 9.59 Å². The number of aryl methyl sites for hydroxylation is 1. The quantitative estimate of drug-likeness (QED) is 0.550. The standard InChI is InChI=1S/C25H21F3N2O2/c26-25(27,28)20-9-5-8-19(16-20)23(31)29-21-13-11-18(12-14-21)24(32)30-15-4-3-7-17-6-1-2-10-22(17)30/h1-2,5-6,8-14,16H,3-4,7,15H2,(H,29,31). The zero-order valence-corrected chi connectivity index (χ0v) is 17.2. The molecule has 1 aliphatic rings. The molecule has 3 aromatic rings. The minimum atomic E-state index is -4.52. The lowest BCUT2D eigenvalue weighted by Crippen LogP contribution is -2.31. The minimum absolute atomic E-state index is 0.0962. The third-order valence-corrected chi connectivity index (χ3v) is 5.45. The lowest BCUT2D eigenvalue weighted by atomic mass is 10.1. The summed E-state index contributed by atoms with van der Waals surface area (Å²) >= 11 is 0. The summed E-state index contributed by atoms with van der Waals surface area (Å²) in [4.78, 5) is 27.3. The molecule has 0 atom stereocenters.